The Balaban J connectivity index is 1.66. The average molecular weight is 357 g/mol. The third-order valence-electron chi connectivity index (χ3n) is 5.38. The SMILES string of the molecule is NCC(c1sccc1Br)N1CCC2(CCCCC2)CC1. The maximum absolute atomic E-state index is 6.08. The van der Waals surface area contributed by atoms with Crippen LogP contribution in [0.3, 0.4) is 0 Å². The molecule has 4 heteroatoms. The summed E-state index contributed by atoms with van der Waals surface area (Å²) in [6.45, 7) is 3.19. The lowest BCUT2D eigenvalue weighted by molar-refractivity contribution is 0.0471. The Kier molecular flexibility index (Phi) is 4.86. The monoisotopic (exact) mass is 356 g/mol. The fourth-order valence-electron chi connectivity index (χ4n) is 4.08. The van der Waals surface area contributed by atoms with Gasteiger partial charge in [0.05, 0.1) is 6.04 Å². The summed E-state index contributed by atoms with van der Waals surface area (Å²) in [4.78, 5) is 4.03. The first-order chi connectivity index (χ1) is 9.74. The molecular formula is C16H25BrN2S. The van der Waals surface area contributed by atoms with Crippen molar-refractivity contribution in [2.75, 3.05) is 19.6 Å². The lowest BCUT2D eigenvalue weighted by atomic mass is 9.68. The van der Waals surface area contributed by atoms with Crippen molar-refractivity contribution in [3.05, 3.63) is 20.8 Å². The molecule has 0 bridgehead atoms. The van der Waals surface area contributed by atoms with E-state index < -0.39 is 0 Å². The summed E-state index contributed by atoms with van der Waals surface area (Å²) in [7, 11) is 0. The highest BCUT2D eigenvalue weighted by molar-refractivity contribution is 9.10. The molecule has 2 aliphatic rings. The van der Waals surface area contributed by atoms with Crippen LogP contribution in [0.15, 0.2) is 15.9 Å². The van der Waals surface area contributed by atoms with Crippen LogP contribution in [-0.4, -0.2) is 24.5 Å². The third-order valence-corrected chi connectivity index (χ3v) is 7.36. The van der Waals surface area contributed by atoms with Gasteiger partial charge in [0, 0.05) is 15.9 Å². The molecule has 1 atom stereocenters. The van der Waals surface area contributed by atoms with Crippen LogP contribution in [0.5, 0.6) is 0 Å². The van der Waals surface area contributed by atoms with Gasteiger partial charge in [-0.3, -0.25) is 4.90 Å². The van der Waals surface area contributed by atoms with Crippen LogP contribution in [0.25, 0.3) is 0 Å². The van der Waals surface area contributed by atoms with Crippen LogP contribution in [-0.2, 0) is 0 Å². The van der Waals surface area contributed by atoms with Gasteiger partial charge in [0.25, 0.3) is 0 Å². The van der Waals surface area contributed by atoms with Crippen molar-refractivity contribution in [3.63, 3.8) is 0 Å². The van der Waals surface area contributed by atoms with Gasteiger partial charge >= 0.3 is 0 Å². The molecule has 1 aliphatic heterocycles. The zero-order valence-electron chi connectivity index (χ0n) is 12.1. The molecule has 1 spiro atoms. The van der Waals surface area contributed by atoms with Crippen molar-refractivity contribution in [1.29, 1.82) is 0 Å². The van der Waals surface area contributed by atoms with E-state index in [0.29, 0.717) is 11.5 Å². The van der Waals surface area contributed by atoms with E-state index in [1.54, 1.807) is 0 Å². The first-order valence-corrected chi connectivity index (χ1v) is 9.58. The van der Waals surface area contributed by atoms with Crippen molar-refractivity contribution in [1.82, 2.24) is 4.90 Å². The first-order valence-electron chi connectivity index (χ1n) is 7.91. The molecule has 1 unspecified atom stereocenters. The average Bonchev–Trinajstić information content (AvgIpc) is 2.89. The van der Waals surface area contributed by atoms with Crippen molar-refractivity contribution in [2.24, 2.45) is 11.1 Å². The Morgan fingerprint density at radius 2 is 1.90 bits per heavy atom. The summed E-state index contributed by atoms with van der Waals surface area (Å²) >= 11 is 5.51. The lowest BCUT2D eigenvalue weighted by Crippen LogP contribution is -2.44. The molecule has 20 heavy (non-hydrogen) atoms. The third kappa shape index (κ3) is 2.99. The quantitative estimate of drug-likeness (QED) is 0.859. The van der Waals surface area contributed by atoms with Crippen LogP contribution in [0.1, 0.15) is 55.9 Å². The van der Waals surface area contributed by atoms with Gasteiger partial charge in [-0.25, -0.2) is 0 Å². The normalized spacial score (nSPS) is 24.9. The van der Waals surface area contributed by atoms with Gasteiger partial charge < -0.3 is 5.73 Å². The number of rotatable bonds is 3. The molecule has 0 radical (unpaired) electrons. The number of nitrogens with zero attached hydrogens (tertiary/aromatic N) is 1. The summed E-state index contributed by atoms with van der Waals surface area (Å²) in [6.07, 6.45) is 10.1. The zero-order valence-corrected chi connectivity index (χ0v) is 14.5. The highest BCUT2D eigenvalue weighted by Crippen LogP contribution is 2.46. The van der Waals surface area contributed by atoms with Crippen LogP contribution < -0.4 is 5.73 Å². The molecule has 2 N–H and O–H groups in total. The summed E-state index contributed by atoms with van der Waals surface area (Å²) in [6, 6.07) is 2.56. The standard InChI is InChI=1S/C16H25BrN2S/c17-13-4-11-20-15(13)14(12-18)19-9-7-16(8-10-19)5-2-1-3-6-16/h4,11,14H,1-3,5-10,12,18H2. The number of likely N-dealkylation sites (tertiary alicyclic amines) is 1. The second kappa shape index (κ2) is 6.47. The molecule has 1 aromatic heterocycles. The minimum atomic E-state index is 0.408. The van der Waals surface area contributed by atoms with E-state index >= 15 is 0 Å². The summed E-state index contributed by atoms with van der Waals surface area (Å²) < 4.78 is 1.23. The maximum atomic E-state index is 6.08. The molecule has 0 amide bonds. The molecule has 2 nitrogen and oxygen atoms in total. The first kappa shape index (κ1) is 15.0. The summed E-state index contributed by atoms with van der Waals surface area (Å²) in [5, 5.41) is 2.16. The van der Waals surface area contributed by atoms with Crippen molar-refractivity contribution < 1.29 is 0 Å². The van der Waals surface area contributed by atoms with Gasteiger partial charge in [0.1, 0.15) is 0 Å². The van der Waals surface area contributed by atoms with Crippen molar-refractivity contribution in [2.45, 2.75) is 51.0 Å². The number of nitrogens with two attached hydrogens (primary N) is 1. The summed E-state index contributed by atoms with van der Waals surface area (Å²) in [5.74, 6) is 0. The maximum Gasteiger partial charge on any atom is 0.0575 e. The van der Waals surface area contributed by atoms with E-state index in [1.807, 2.05) is 11.3 Å². The number of halogens is 1. The smallest absolute Gasteiger partial charge is 0.0575 e. The second-order valence-corrected chi connectivity index (χ2v) is 8.28. The Labute approximate surface area is 134 Å². The van der Waals surface area contributed by atoms with Crippen LogP contribution >= 0.6 is 27.3 Å². The highest BCUT2D eigenvalue weighted by Gasteiger charge is 2.37. The molecule has 0 aromatic carbocycles. The molecule has 112 valence electrons. The molecular weight excluding hydrogens is 332 g/mol. The van der Waals surface area contributed by atoms with E-state index in [2.05, 4.69) is 32.3 Å². The fraction of sp³-hybridized carbons (Fsp3) is 0.750. The lowest BCUT2D eigenvalue weighted by Gasteiger charge is -2.46. The van der Waals surface area contributed by atoms with E-state index in [0.717, 1.165) is 6.54 Å². The number of hydrogen-bond acceptors (Lipinski definition) is 3. The topological polar surface area (TPSA) is 29.3 Å². The minimum Gasteiger partial charge on any atom is -0.329 e. The van der Waals surface area contributed by atoms with Gasteiger partial charge in [-0.2, -0.15) is 0 Å². The number of piperidine rings is 1. The molecule has 2 fully saturated rings. The van der Waals surface area contributed by atoms with Gasteiger partial charge in [-0.05, 0) is 71.6 Å². The van der Waals surface area contributed by atoms with Gasteiger partial charge in [-0.1, -0.05) is 19.3 Å². The largest absolute Gasteiger partial charge is 0.329 e. The summed E-state index contributed by atoms with van der Waals surface area (Å²) in [5.41, 5.74) is 6.76. The van der Waals surface area contributed by atoms with Gasteiger partial charge in [0.15, 0.2) is 0 Å². The van der Waals surface area contributed by atoms with E-state index in [9.17, 15) is 0 Å². The minimum absolute atomic E-state index is 0.408. The molecule has 3 rings (SSSR count). The predicted octanol–water partition coefficient (Wildman–Crippen LogP) is 4.56. The Hall–Kier alpha value is 0.1000. The van der Waals surface area contributed by atoms with E-state index in [-0.39, 0.29) is 0 Å². The molecule has 1 aromatic rings. The zero-order chi connectivity index (χ0) is 14.0. The number of thiophene rings is 1. The molecule has 2 heterocycles. The Bertz CT molecular complexity index is 429. The van der Waals surface area contributed by atoms with Crippen LogP contribution in [0.2, 0.25) is 0 Å². The van der Waals surface area contributed by atoms with Crippen LogP contribution in [0, 0.1) is 5.41 Å². The Morgan fingerprint density at radius 1 is 1.20 bits per heavy atom. The predicted molar refractivity (Wildman–Crippen MR) is 90.1 cm³/mol. The van der Waals surface area contributed by atoms with Crippen molar-refractivity contribution >= 4 is 27.3 Å². The van der Waals surface area contributed by atoms with Gasteiger partial charge in [-0.15, -0.1) is 11.3 Å². The Morgan fingerprint density at radius 3 is 2.45 bits per heavy atom. The highest BCUT2D eigenvalue weighted by atomic mass is 79.9. The van der Waals surface area contributed by atoms with E-state index in [4.69, 9.17) is 5.73 Å². The van der Waals surface area contributed by atoms with Crippen LogP contribution in [0.4, 0.5) is 0 Å². The fourth-order valence-corrected chi connectivity index (χ4v) is 5.86. The molecule has 1 saturated carbocycles. The molecule has 1 aliphatic carbocycles. The van der Waals surface area contributed by atoms with Crippen molar-refractivity contribution in [3.8, 4) is 0 Å². The second-order valence-electron chi connectivity index (χ2n) is 6.48. The van der Waals surface area contributed by atoms with E-state index in [1.165, 1.54) is 67.4 Å². The van der Waals surface area contributed by atoms with Gasteiger partial charge in [0.2, 0.25) is 0 Å². The molecule has 1 saturated heterocycles. The number of hydrogen-bond donors (Lipinski definition) is 1.